The van der Waals surface area contributed by atoms with Gasteiger partial charge in [-0.05, 0) is 49.9 Å². The van der Waals surface area contributed by atoms with Crippen molar-refractivity contribution in [3.63, 3.8) is 0 Å². The van der Waals surface area contributed by atoms with Crippen LogP contribution >= 0.6 is 11.8 Å². The summed E-state index contributed by atoms with van der Waals surface area (Å²) < 4.78 is 0. The van der Waals surface area contributed by atoms with Crippen LogP contribution in [0.15, 0.2) is 36.4 Å². The summed E-state index contributed by atoms with van der Waals surface area (Å²) >= 11 is 1.99. The van der Waals surface area contributed by atoms with Gasteiger partial charge >= 0.3 is 0 Å². The summed E-state index contributed by atoms with van der Waals surface area (Å²) in [5.74, 6) is 2.25. The zero-order chi connectivity index (χ0) is 16.7. The molecule has 2 aromatic rings. The first-order valence-electron chi connectivity index (χ1n) is 8.27. The summed E-state index contributed by atoms with van der Waals surface area (Å²) in [5, 5.41) is 7.13. The molecule has 0 aromatic heterocycles. The van der Waals surface area contributed by atoms with Crippen molar-refractivity contribution in [1.82, 2.24) is 0 Å². The monoisotopic (exact) mass is 328 g/mol. The van der Waals surface area contributed by atoms with Crippen LogP contribution in [0.1, 0.15) is 22.3 Å². The van der Waals surface area contributed by atoms with E-state index in [0.29, 0.717) is 0 Å². The highest BCUT2D eigenvalue weighted by atomic mass is 32.2. The molecular formula is C20H28N2S. The number of para-hydroxylation sites is 2. The molecule has 0 spiro atoms. The van der Waals surface area contributed by atoms with Crippen LogP contribution < -0.4 is 10.6 Å². The molecule has 0 aliphatic rings. The fourth-order valence-electron chi connectivity index (χ4n) is 2.79. The first-order chi connectivity index (χ1) is 11.1. The van der Waals surface area contributed by atoms with Crippen molar-refractivity contribution in [1.29, 1.82) is 0 Å². The number of benzene rings is 2. The summed E-state index contributed by atoms with van der Waals surface area (Å²) in [7, 11) is 0. The van der Waals surface area contributed by atoms with Gasteiger partial charge in [-0.1, -0.05) is 36.4 Å². The van der Waals surface area contributed by atoms with Gasteiger partial charge in [-0.25, -0.2) is 0 Å². The fourth-order valence-corrected chi connectivity index (χ4v) is 3.48. The Balaban J connectivity index is 1.65. The van der Waals surface area contributed by atoms with Crippen molar-refractivity contribution in [2.75, 3.05) is 35.2 Å². The molecule has 0 aliphatic carbocycles. The molecule has 0 amide bonds. The molecule has 2 nitrogen and oxygen atoms in total. The number of aryl methyl sites for hydroxylation is 4. The Morgan fingerprint density at radius 3 is 1.35 bits per heavy atom. The molecule has 2 rings (SSSR count). The van der Waals surface area contributed by atoms with E-state index in [1.807, 2.05) is 11.8 Å². The van der Waals surface area contributed by atoms with E-state index in [1.165, 1.54) is 33.6 Å². The van der Waals surface area contributed by atoms with Crippen molar-refractivity contribution in [2.45, 2.75) is 27.7 Å². The standard InChI is InChI=1S/C20H28N2S/c1-15-7-5-8-16(2)19(15)21-11-13-23-14-12-22-20-17(3)9-6-10-18(20)4/h5-10,21-22H,11-14H2,1-4H3. The first kappa shape index (κ1) is 17.7. The second kappa shape index (κ2) is 8.88. The average Bonchev–Trinajstić information content (AvgIpc) is 2.51. The van der Waals surface area contributed by atoms with Gasteiger partial charge in [0, 0.05) is 36.0 Å². The van der Waals surface area contributed by atoms with Crippen LogP contribution in [-0.4, -0.2) is 24.6 Å². The van der Waals surface area contributed by atoms with Gasteiger partial charge in [0.1, 0.15) is 0 Å². The second-order valence-electron chi connectivity index (χ2n) is 6.00. The third kappa shape index (κ3) is 5.21. The summed E-state index contributed by atoms with van der Waals surface area (Å²) in [6, 6.07) is 12.9. The third-order valence-electron chi connectivity index (χ3n) is 4.06. The van der Waals surface area contributed by atoms with Crippen molar-refractivity contribution in [3.05, 3.63) is 58.7 Å². The summed E-state index contributed by atoms with van der Waals surface area (Å²) in [4.78, 5) is 0. The van der Waals surface area contributed by atoms with E-state index in [-0.39, 0.29) is 0 Å². The van der Waals surface area contributed by atoms with Gasteiger partial charge < -0.3 is 10.6 Å². The summed E-state index contributed by atoms with van der Waals surface area (Å²) in [5.41, 5.74) is 7.89. The molecule has 2 N–H and O–H groups in total. The first-order valence-corrected chi connectivity index (χ1v) is 9.43. The SMILES string of the molecule is Cc1cccc(C)c1NCCSCCNc1c(C)cccc1C. The van der Waals surface area contributed by atoms with Crippen molar-refractivity contribution < 1.29 is 0 Å². The van der Waals surface area contributed by atoms with Gasteiger partial charge in [-0.15, -0.1) is 0 Å². The lowest BCUT2D eigenvalue weighted by Gasteiger charge is -2.13. The smallest absolute Gasteiger partial charge is 0.0399 e. The minimum Gasteiger partial charge on any atom is -0.384 e. The van der Waals surface area contributed by atoms with Crippen LogP contribution in [0.25, 0.3) is 0 Å². The Labute approximate surface area is 145 Å². The van der Waals surface area contributed by atoms with Crippen LogP contribution in [0.4, 0.5) is 11.4 Å². The average molecular weight is 329 g/mol. The Kier molecular flexibility index (Phi) is 6.85. The van der Waals surface area contributed by atoms with Crippen LogP contribution in [0.5, 0.6) is 0 Å². The Morgan fingerprint density at radius 1 is 0.652 bits per heavy atom. The second-order valence-corrected chi connectivity index (χ2v) is 7.22. The van der Waals surface area contributed by atoms with Crippen molar-refractivity contribution >= 4 is 23.1 Å². The molecule has 2 aromatic carbocycles. The van der Waals surface area contributed by atoms with Crippen molar-refractivity contribution in [3.8, 4) is 0 Å². The lowest BCUT2D eigenvalue weighted by atomic mass is 10.1. The van der Waals surface area contributed by atoms with E-state index < -0.39 is 0 Å². The van der Waals surface area contributed by atoms with Gasteiger partial charge in [0.15, 0.2) is 0 Å². The maximum absolute atomic E-state index is 3.57. The quantitative estimate of drug-likeness (QED) is 0.653. The lowest BCUT2D eigenvalue weighted by molar-refractivity contribution is 1.17. The van der Waals surface area contributed by atoms with Crippen molar-refractivity contribution in [2.24, 2.45) is 0 Å². The van der Waals surface area contributed by atoms with E-state index in [4.69, 9.17) is 0 Å². The van der Waals surface area contributed by atoms with Gasteiger partial charge in [0.2, 0.25) is 0 Å². The molecule has 0 saturated heterocycles. The molecule has 0 atom stereocenters. The molecule has 0 heterocycles. The van der Waals surface area contributed by atoms with Crippen LogP contribution in [0.3, 0.4) is 0 Å². The zero-order valence-electron chi connectivity index (χ0n) is 14.7. The molecular weight excluding hydrogens is 300 g/mol. The molecule has 0 radical (unpaired) electrons. The molecule has 23 heavy (non-hydrogen) atoms. The number of rotatable bonds is 8. The maximum Gasteiger partial charge on any atom is 0.0399 e. The van der Waals surface area contributed by atoms with Crippen LogP contribution in [-0.2, 0) is 0 Å². The maximum atomic E-state index is 3.57. The number of hydrogen-bond donors (Lipinski definition) is 2. The number of nitrogens with one attached hydrogen (secondary N) is 2. The number of hydrogen-bond acceptors (Lipinski definition) is 3. The van der Waals surface area contributed by atoms with E-state index in [0.717, 1.165) is 24.6 Å². The highest BCUT2D eigenvalue weighted by Crippen LogP contribution is 2.20. The Bertz CT molecular complexity index is 542. The Morgan fingerprint density at radius 2 is 1.00 bits per heavy atom. The molecule has 124 valence electrons. The molecule has 0 saturated carbocycles. The highest BCUT2D eigenvalue weighted by molar-refractivity contribution is 7.99. The number of thioether (sulfide) groups is 1. The normalized spacial score (nSPS) is 10.6. The predicted molar refractivity (Wildman–Crippen MR) is 106 cm³/mol. The van der Waals surface area contributed by atoms with Gasteiger partial charge in [-0.3, -0.25) is 0 Å². The molecule has 0 aliphatic heterocycles. The van der Waals surface area contributed by atoms with Gasteiger partial charge in [-0.2, -0.15) is 11.8 Å². The molecule has 0 fully saturated rings. The van der Waals surface area contributed by atoms with Crippen LogP contribution in [0, 0.1) is 27.7 Å². The lowest BCUT2D eigenvalue weighted by Crippen LogP contribution is -2.10. The Hall–Kier alpha value is -1.61. The van der Waals surface area contributed by atoms with E-state index in [9.17, 15) is 0 Å². The van der Waals surface area contributed by atoms with E-state index in [2.05, 4.69) is 74.7 Å². The molecule has 3 heteroatoms. The van der Waals surface area contributed by atoms with Gasteiger partial charge in [0.05, 0.1) is 0 Å². The minimum absolute atomic E-state index is 1.01. The molecule has 0 bridgehead atoms. The fraction of sp³-hybridized carbons (Fsp3) is 0.400. The number of anilines is 2. The third-order valence-corrected chi connectivity index (χ3v) is 5.04. The zero-order valence-corrected chi connectivity index (χ0v) is 15.5. The van der Waals surface area contributed by atoms with Crippen LogP contribution in [0.2, 0.25) is 0 Å². The van der Waals surface area contributed by atoms with E-state index in [1.54, 1.807) is 0 Å². The predicted octanol–water partition coefficient (Wildman–Crippen LogP) is 5.18. The minimum atomic E-state index is 1.01. The van der Waals surface area contributed by atoms with E-state index >= 15 is 0 Å². The topological polar surface area (TPSA) is 24.1 Å². The van der Waals surface area contributed by atoms with Gasteiger partial charge in [0.25, 0.3) is 0 Å². The highest BCUT2D eigenvalue weighted by Gasteiger charge is 2.02. The summed E-state index contributed by atoms with van der Waals surface area (Å²) in [6.45, 7) is 10.7. The summed E-state index contributed by atoms with van der Waals surface area (Å²) in [6.07, 6.45) is 0. The molecule has 0 unspecified atom stereocenters. The largest absolute Gasteiger partial charge is 0.384 e.